The van der Waals surface area contributed by atoms with Crippen molar-refractivity contribution in [2.45, 2.75) is 17.7 Å². The summed E-state index contributed by atoms with van der Waals surface area (Å²) in [5.41, 5.74) is 0.131. The van der Waals surface area contributed by atoms with E-state index in [0.717, 1.165) is 16.4 Å². The van der Waals surface area contributed by atoms with Gasteiger partial charge in [0.15, 0.2) is 0 Å². The topological polar surface area (TPSA) is 149 Å². The maximum absolute atomic E-state index is 14.0. The number of carbonyl (C=O) groups excluding carboxylic acids is 1. The fraction of sp³-hybridized carbons (Fsp3) is 0.250. The summed E-state index contributed by atoms with van der Waals surface area (Å²) in [7, 11) is -4.26. The van der Waals surface area contributed by atoms with Crippen LogP contribution in [0.25, 0.3) is 11.5 Å². The number of nitrogens with one attached hydrogen (secondary N) is 1. The van der Waals surface area contributed by atoms with Gasteiger partial charge in [0, 0.05) is 36.7 Å². The Hall–Kier alpha value is -3.78. The summed E-state index contributed by atoms with van der Waals surface area (Å²) in [6.45, 7) is -0.141. The molecule has 0 atom stereocenters. The first-order valence-corrected chi connectivity index (χ1v) is 11.4. The third-order valence-electron chi connectivity index (χ3n) is 5.29. The lowest BCUT2D eigenvalue weighted by Crippen LogP contribution is -2.41. The van der Waals surface area contributed by atoms with E-state index >= 15 is 0 Å². The number of rotatable bonds is 6. The van der Waals surface area contributed by atoms with Gasteiger partial charge in [-0.15, -0.1) is 5.10 Å². The molecule has 1 aliphatic heterocycles. The minimum absolute atomic E-state index is 0.0305. The molecule has 1 N–H and O–H groups in total. The van der Waals surface area contributed by atoms with Crippen molar-refractivity contribution >= 4 is 27.6 Å². The highest BCUT2D eigenvalue weighted by Crippen LogP contribution is 2.28. The zero-order valence-electron chi connectivity index (χ0n) is 17.3. The van der Waals surface area contributed by atoms with Crippen LogP contribution in [-0.4, -0.2) is 46.8 Å². The van der Waals surface area contributed by atoms with Crippen molar-refractivity contribution in [3.8, 4) is 11.5 Å². The third-order valence-corrected chi connectivity index (χ3v) is 7.21. The van der Waals surface area contributed by atoms with Gasteiger partial charge in [-0.2, -0.15) is 4.31 Å². The van der Waals surface area contributed by atoms with Crippen LogP contribution in [0.4, 0.5) is 20.5 Å². The standard InChI is InChI=1S/C20H17F2N5O6S/c21-14-4-5-16(22)17(11-14)34(31,32)26-8-6-12(7-9-26)18(28)23-20-25-24-19(33-20)13-2-1-3-15(10-13)27(29)30/h1-5,10-12H,6-9H2,(H,23,25,28). The SMILES string of the molecule is O=C(Nc1nnc(-c2cccc([N+](=O)[O-])c2)o1)C1CCN(S(=O)(=O)c2cc(F)ccc2F)CC1. The molecule has 3 aromatic rings. The number of hydrogen-bond acceptors (Lipinski definition) is 8. The largest absolute Gasteiger partial charge is 0.403 e. The van der Waals surface area contributed by atoms with Gasteiger partial charge in [-0.25, -0.2) is 17.2 Å². The first-order chi connectivity index (χ1) is 16.1. The van der Waals surface area contributed by atoms with Crippen LogP contribution in [-0.2, 0) is 14.8 Å². The Morgan fingerprint density at radius 2 is 1.88 bits per heavy atom. The van der Waals surface area contributed by atoms with Gasteiger partial charge in [-0.05, 0) is 37.1 Å². The molecule has 0 bridgehead atoms. The molecule has 178 valence electrons. The molecule has 1 fully saturated rings. The molecule has 14 heteroatoms. The van der Waals surface area contributed by atoms with Gasteiger partial charge in [-0.3, -0.25) is 20.2 Å². The van der Waals surface area contributed by atoms with Gasteiger partial charge in [0.05, 0.1) is 4.92 Å². The van der Waals surface area contributed by atoms with Crippen molar-refractivity contribution < 1.29 is 31.3 Å². The number of halogens is 2. The van der Waals surface area contributed by atoms with Crippen LogP contribution in [0, 0.1) is 27.7 Å². The minimum Gasteiger partial charge on any atom is -0.403 e. The Morgan fingerprint density at radius 3 is 2.59 bits per heavy atom. The Morgan fingerprint density at radius 1 is 1.15 bits per heavy atom. The molecular weight excluding hydrogens is 476 g/mol. The number of amides is 1. The number of carbonyl (C=O) groups is 1. The maximum Gasteiger partial charge on any atom is 0.322 e. The van der Waals surface area contributed by atoms with Crippen LogP contribution in [0.1, 0.15) is 12.8 Å². The average molecular weight is 493 g/mol. The highest BCUT2D eigenvalue weighted by Gasteiger charge is 2.34. The summed E-state index contributed by atoms with van der Waals surface area (Å²) in [4.78, 5) is 22.2. The number of aromatic nitrogens is 2. The number of anilines is 1. The Labute approximate surface area is 191 Å². The van der Waals surface area contributed by atoms with E-state index in [2.05, 4.69) is 15.5 Å². The molecule has 1 aliphatic rings. The number of sulfonamides is 1. The van der Waals surface area contributed by atoms with E-state index in [1.165, 1.54) is 24.3 Å². The molecule has 2 heterocycles. The molecule has 1 aromatic heterocycles. The summed E-state index contributed by atoms with van der Waals surface area (Å²) in [5, 5.41) is 20.8. The van der Waals surface area contributed by atoms with Crippen molar-refractivity contribution in [3.63, 3.8) is 0 Å². The van der Waals surface area contributed by atoms with Gasteiger partial charge in [0.2, 0.25) is 21.8 Å². The summed E-state index contributed by atoms with van der Waals surface area (Å²) >= 11 is 0. The molecule has 1 saturated heterocycles. The molecule has 0 spiro atoms. The number of nitro groups is 1. The minimum atomic E-state index is -4.26. The molecule has 0 radical (unpaired) electrons. The van der Waals surface area contributed by atoms with Crippen LogP contribution in [0.5, 0.6) is 0 Å². The van der Waals surface area contributed by atoms with Crippen LogP contribution < -0.4 is 5.32 Å². The van der Waals surface area contributed by atoms with Crippen molar-refractivity contribution in [2.75, 3.05) is 18.4 Å². The second-order valence-electron chi connectivity index (χ2n) is 7.46. The van der Waals surface area contributed by atoms with Gasteiger partial charge in [0.25, 0.3) is 5.69 Å². The van der Waals surface area contributed by atoms with E-state index in [9.17, 15) is 32.1 Å². The first-order valence-electron chi connectivity index (χ1n) is 9.99. The van der Waals surface area contributed by atoms with E-state index < -0.39 is 43.3 Å². The predicted octanol–water partition coefficient (Wildman–Crippen LogP) is 2.96. The Balaban J connectivity index is 1.39. The third kappa shape index (κ3) is 4.77. The van der Waals surface area contributed by atoms with E-state index in [4.69, 9.17) is 4.42 Å². The van der Waals surface area contributed by atoms with Crippen LogP contribution in [0.2, 0.25) is 0 Å². The zero-order chi connectivity index (χ0) is 24.5. The van der Waals surface area contributed by atoms with Crippen molar-refractivity contribution in [1.29, 1.82) is 0 Å². The fourth-order valence-electron chi connectivity index (χ4n) is 3.52. The normalized spacial score (nSPS) is 15.2. The van der Waals surface area contributed by atoms with Gasteiger partial charge in [-0.1, -0.05) is 11.2 Å². The van der Waals surface area contributed by atoms with Gasteiger partial charge >= 0.3 is 6.01 Å². The predicted molar refractivity (Wildman–Crippen MR) is 113 cm³/mol. The maximum atomic E-state index is 14.0. The molecule has 4 rings (SSSR count). The smallest absolute Gasteiger partial charge is 0.322 e. The molecule has 2 aromatic carbocycles. The van der Waals surface area contributed by atoms with Crippen LogP contribution >= 0.6 is 0 Å². The zero-order valence-corrected chi connectivity index (χ0v) is 18.2. The highest BCUT2D eigenvalue weighted by atomic mass is 32.2. The first kappa shape index (κ1) is 23.4. The molecule has 1 amide bonds. The van der Waals surface area contributed by atoms with E-state index in [1.54, 1.807) is 0 Å². The lowest BCUT2D eigenvalue weighted by atomic mass is 9.97. The second kappa shape index (κ2) is 9.23. The second-order valence-corrected chi connectivity index (χ2v) is 9.37. The quantitative estimate of drug-likeness (QED) is 0.407. The molecule has 11 nitrogen and oxygen atoms in total. The molecular formula is C20H17F2N5O6S. The fourth-order valence-corrected chi connectivity index (χ4v) is 5.07. The molecule has 0 saturated carbocycles. The summed E-state index contributed by atoms with van der Waals surface area (Å²) in [6, 6.07) is 7.51. The number of benzene rings is 2. The Bertz CT molecular complexity index is 1350. The number of nitrogens with zero attached hydrogens (tertiary/aromatic N) is 4. The molecule has 0 unspecified atom stereocenters. The van der Waals surface area contributed by atoms with E-state index in [0.29, 0.717) is 11.6 Å². The number of non-ortho nitro benzene ring substituents is 1. The number of hydrogen-bond donors (Lipinski definition) is 1. The van der Waals surface area contributed by atoms with E-state index in [-0.39, 0.29) is 43.5 Å². The van der Waals surface area contributed by atoms with Crippen molar-refractivity contribution in [2.24, 2.45) is 5.92 Å². The van der Waals surface area contributed by atoms with Crippen LogP contribution in [0.3, 0.4) is 0 Å². The van der Waals surface area contributed by atoms with Crippen molar-refractivity contribution in [3.05, 3.63) is 64.2 Å². The van der Waals surface area contributed by atoms with Crippen LogP contribution in [0.15, 0.2) is 51.8 Å². The highest BCUT2D eigenvalue weighted by molar-refractivity contribution is 7.89. The monoisotopic (exact) mass is 493 g/mol. The number of nitro benzene ring substituents is 1. The lowest BCUT2D eigenvalue weighted by Gasteiger charge is -2.30. The van der Waals surface area contributed by atoms with Crippen molar-refractivity contribution in [1.82, 2.24) is 14.5 Å². The molecule has 0 aliphatic carbocycles. The van der Waals surface area contributed by atoms with Gasteiger partial charge < -0.3 is 4.42 Å². The summed E-state index contributed by atoms with van der Waals surface area (Å²) in [6.07, 6.45) is 0.266. The summed E-state index contributed by atoms with van der Waals surface area (Å²) in [5.74, 6) is -3.03. The Kier molecular flexibility index (Phi) is 6.34. The van der Waals surface area contributed by atoms with E-state index in [1.807, 2.05) is 0 Å². The lowest BCUT2D eigenvalue weighted by molar-refractivity contribution is -0.384. The molecule has 34 heavy (non-hydrogen) atoms. The van der Waals surface area contributed by atoms with Gasteiger partial charge in [0.1, 0.15) is 16.5 Å². The summed E-state index contributed by atoms with van der Waals surface area (Å²) < 4.78 is 59.1. The number of piperidine rings is 1. The average Bonchev–Trinajstić information content (AvgIpc) is 3.29.